The zero-order chi connectivity index (χ0) is 23.1. The van der Waals surface area contributed by atoms with Gasteiger partial charge in [-0.3, -0.25) is 9.88 Å². The fraction of sp³-hybridized carbons (Fsp3) is 0.429. The predicted octanol–water partition coefficient (Wildman–Crippen LogP) is 3.75. The second kappa shape index (κ2) is 8.90. The quantitative estimate of drug-likeness (QED) is 0.653. The van der Waals surface area contributed by atoms with E-state index in [1.54, 1.807) is 6.20 Å². The summed E-state index contributed by atoms with van der Waals surface area (Å²) < 4.78 is 0. The molecule has 34 heavy (non-hydrogen) atoms. The van der Waals surface area contributed by atoms with Gasteiger partial charge >= 0.3 is 0 Å². The van der Waals surface area contributed by atoms with Gasteiger partial charge in [-0.05, 0) is 59.9 Å². The Bertz CT molecular complexity index is 1240. The van der Waals surface area contributed by atoms with Gasteiger partial charge in [0.15, 0.2) is 0 Å². The van der Waals surface area contributed by atoms with Crippen LogP contribution in [-0.2, 0) is 13.1 Å². The molecule has 0 spiro atoms. The van der Waals surface area contributed by atoms with Crippen molar-refractivity contribution in [1.82, 2.24) is 15.2 Å². The molecule has 4 heterocycles. The summed E-state index contributed by atoms with van der Waals surface area (Å²) in [5.41, 5.74) is 7.02. The molecule has 0 radical (unpaired) electrons. The number of nitrogens with one attached hydrogen (secondary N) is 1. The van der Waals surface area contributed by atoms with Crippen molar-refractivity contribution >= 4 is 22.3 Å². The summed E-state index contributed by atoms with van der Waals surface area (Å²) in [6, 6.07) is 18.1. The van der Waals surface area contributed by atoms with Gasteiger partial charge in [-0.15, -0.1) is 0 Å². The molecule has 2 fully saturated rings. The molecule has 3 aliphatic rings. The Labute approximate surface area is 201 Å². The average molecular weight is 453 g/mol. The molecule has 2 aromatic carbocycles. The van der Waals surface area contributed by atoms with E-state index in [0.717, 1.165) is 63.3 Å². The number of hydrogen-bond donors (Lipinski definition) is 1. The van der Waals surface area contributed by atoms with Crippen LogP contribution in [0.2, 0.25) is 0 Å². The van der Waals surface area contributed by atoms with Crippen LogP contribution in [0.25, 0.3) is 10.9 Å². The van der Waals surface area contributed by atoms with E-state index in [2.05, 4.69) is 68.3 Å². The first-order chi connectivity index (χ1) is 16.7. The molecule has 174 valence electrons. The summed E-state index contributed by atoms with van der Waals surface area (Å²) in [7, 11) is 0. The third-order valence-corrected chi connectivity index (χ3v) is 7.78. The lowest BCUT2D eigenvalue weighted by molar-refractivity contribution is 0.157. The molecule has 0 amide bonds. The van der Waals surface area contributed by atoms with E-state index < -0.39 is 0 Å². The monoisotopic (exact) mass is 452 g/mol. The standard InChI is InChI=1S/C28H32N6/c1-20-13-25(19-34(16-20)27-7-5-21(15-29)28-26(27)3-2-8-31-28)33-17-22-4-6-24(14-23(22)18-33)32-11-9-30-10-12-32/h2-8,14,20,25,30H,9-13,16-19H2,1H3/t20-,25+/m0/s1. The Balaban J connectivity index is 1.23. The van der Waals surface area contributed by atoms with Crippen LogP contribution in [0.4, 0.5) is 11.4 Å². The highest BCUT2D eigenvalue weighted by Crippen LogP contribution is 2.35. The van der Waals surface area contributed by atoms with Crippen LogP contribution in [-0.4, -0.2) is 55.2 Å². The zero-order valence-corrected chi connectivity index (χ0v) is 19.9. The first-order valence-corrected chi connectivity index (χ1v) is 12.5. The van der Waals surface area contributed by atoms with E-state index in [4.69, 9.17) is 0 Å². The van der Waals surface area contributed by atoms with Gasteiger partial charge in [0.2, 0.25) is 0 Å². The van der Waals surface area contributed by atoms with Crippen molar-refractivity contribution in [1.29, 1.82) is 5.26 Å². The number of benzene rings is 2. The fourth-order valence-corrected chi connectivity index (χ4v) is 6.09. The van der Waals surface area contributed by atoms with Crippen molar-refractivity contribution in [3.8, 4) is 6.07 Å². The second-order valence-corrected chi connectivity index (χ2v) is 10.1. The Morgan fingerprint density at radius 2 is 1.85 bits per heavy atom. The molecule has 1 aromatic heterocycles. The molecule has 0 aliphatic carbocycles. The number of pyridine rings is 1. The van der Waals surface area contributed by atoms with E-state index in [1.807, 2.05) is 12.1 Å². The lowest BCUT2D eigenvalue weighted by atomic mass is 9.93. The number of rotatable bonds is 3. The van der Waals surface area contributed by atoms with Gasteiger partial charge in [0.25, 0.3) is 0 Å². The third-order valence-electron chi connectivity index (χ3n) is 7.78. The van der Waals surface area contributed by atoms with E-state index in [1.165, 1.54) is 28.9 Å². The summed E-state index contributed by atoms with van der Waals surface area (Å²) in [5.74, 6) is 0.612. The van der Waals surface area contributed by atoms with Crippen LogP contribution in [0.3, 0.4) is 0 Å². The lowest BCUT2D eigenvalue weighted by Gasteiger charge is -2.42. The number of aromatic nitrogens is 1. The lowest BCUT2D eigenvalue weighted by Crippen LogP contribution is -2.49. The molecule has 6 nitrogen and oxygen atoms in total. The topological polar surface area (TPSA) is 58.4 Å². The molecule has 3 aliphatic heterocycles. The van der Waals surface area contributed by atoms with Gasteiger partial charge in [0.1, 0.15) is 6.07 Å². The van der Waals surface area contributed by atoms with Gasteiger partial charge < -0.3 is 15.1 Å². The van der Waals surface area contributed by atoms with E-state index >= 15 is 0 Å². The fourth-order valence-electron chi connectivity index (χ4n) is 6.09. The summed E-state index contributed by atoms with van der Waals surface area (Å²) >= 11 is 0. The van der Waals surface area contributed by atoms with Crippen molar-refractivity contribution < 1.29 is 0 Å². The third kappa shape index (κ3) is 3.89. The molecular weight excluding hydrogens is 420 g/mol. The minimum Gasteiger partial charge on any atom is -0.369 e. The zero-order valence-electron chi connectivity index (χ0n) is 19.9. The minimum atomic E-state index is 0.515. The molecule has 6 rings (SSSR count). The van der Waals surface area contributed by atoms with Crippen molar-refractivity contribution in [3.05, 3.63) is 65.4 Å². The summed E-state index contributed by atoms with van der Waals surface area (Å²) in [6.45, 7) is 10.8. The molecule has 0 saturated carbocycles. The van der Waals surface area contributed by atoms with E-state index in [-0.39, 0.29) is 0 Å². The Kier molecular flexibility index (Phi) is 5.60. The van der Waals surface area contributed by atoms with Crippen LogP contribution in [0.15, 0.2) is 48.7 Å². The highest BCUT2D eigenvalue weighted by Gasteiger charge is 2.33. The van der Waals surface area contributed by atoms with E-state index in [0.29, 0.717) is 17.5 Å². The van der Waals surface area contributed by atoms with Crippen LogP contribution in [0.1, 0.15) is 30.0 Å². The normalized spacial score (nSPS) is 23.2. The average Bonchev–Trinajstić information content (AvgIpc) is 3.32. The molecular formula is C28H32N6. The molecule has 3 aromatic rings. The predicted molar refractivity (Wildman–Crippen MR) is 137 cm³/mol. The highest BCUT2D eigenvalue weighted by molar-refractivity contribution is 5.95. The number of hydrogen-bond acceptors (Lipinski definition) is 6. The van der Waals surface area contributed by atoms with Gasteiger partial charge in [0.05, 0.1) is 11.1 Å². The number of nitriles is 1. The van der Waals surface area contributed by atoms with Gasteiger partial charge in [-0.1, -0.05) is 13.0 Å². The second-order valence-electron chi connectivity index (χ2n) is 10.1. The first-order valence-electron chi connectivity index (χ1n) is 12.5. The van der Waals surface area contributed by atoms with Crippen LogP contribution >= 0.6 is 0 Å². The maximum atomic E-state index is 9.54. The largest absolute Gasteiger partial charge is 0.369 e. The molecule has 0 bridgehead atoms. The Morgan fingerprint density at radius 3 is 2.71 bits per heavy atom. The number of nitrogens with zero attached hydrogens (tertiary/aromatic N) is 5. The van der Waals surface area contributed by atoms with Crippen LogP contribution < -0.4 is 15.1 Å². The molecule has 1 N–H and O–H groups in total. The van der Waals surface area contributed by atoms with Gasteiger partial charge in [-0.25, -0.2) is 0 Å². The smallest absolute Gasteiger partial charge is 0.101 e. The number of piperidine rings is 1. The van der Waals surface area contributed by atoms with Crippen molar-refractivity contribution in [2.24, 2.45) is 5.92 Å². The SMILES string of the molecule is C[C@H]1C[C@@H](N2Cc3ccc(N4CCNCC4)cc3C2)CN(c2ccc(C#N)c3ncccc23)C1. The molecule has 6 heteroatoms. The Morgan fingerprint density at radius 1 is 1.00 bits per heavy atom. The van der Waals surface area contributed by atoms with Gasteiger partial charge in [0, 0.05) is 81.4 Å². The van der Waals surface area contributed by atoms with Crippen molar-refractivity contribution in [2.45, 2.75) is 32.5 Å². The summed E-state index contributed by atoms with van der Waals surface area (Å²) in [6.07, 6.45) is 3.01. The Hall–Kier alpha value is -3.14. The van der Waals surface area contributed by atoms with Crippen molar-refractivity contribution in [3.63, 3.8) is 0 Å². The maximum absolute atomic E-state index is 9.54. The molecule has 2 atom stereocenters. The molecule has 2 saturated heterocycles. The van der Waals surface area contributed by atoms with Crippen LogP contribution in [0, 0.1) is 17.2 Å². The first kappa shape index (κ1) is 21.4. The van der Waals surface area contributed by atoms with Crippen LogP contribution in [0.5, 0.6) is 0 Å². The minimum absolute atomic E-state index is 0.515. The van der Waals surface area contributed by atoms with Crippen molar-refractivity contribution in [2.75, 3.05) is 49.1 Å². The number of fused-ring (bicyclic) bond motifs is 2. The summed E-state index contributed by atoms with van der Waals surface area (Å²) in [4.78, 5) is 12.2. The maximum Gasteiger partial charge on any atom is 0.101 e. The summed E-state index contributed by atoms with van der Waals surface area (Å²) in [5, 5.41) is 14.1. The highest BCUT2D eigenvalue weighted by atomic mass is 15.2. The van der Waals surface area contributed by atoms with E-state index in [9.17, 15) is 5.26 Å². The van der Waals surface area contributed by atoms with Gasteiger partial charge in [-0.2, -0.15) is 5.26 Å². The number of anilines is 2. The molecule has 0 unspecified atom stereocenters. The number of piperazine rings is 1.